The van der Waals surface area contributed by atoms with E-state index < -0.39 is 0 Å². The number of thiocarbonyl (C=S) groups is 1. The molecule has 4 nitrogen and oxygen atoms in total. The van der Waals surface area contributed by atoms with Crippen LogP contribution in [-0.2, 0) is 9.47 Å². The van der Waals surface area contributed by atoms with Crippen molar-refractivity contribution in [3.8, 4) is 0 Å². The van der Waals surface area contributed by atoms with E-state index in [1.807, 2.05) is 7.05 Å². The fraction of sp³-hybridized carbons (Fsp3) is 0.900. The van der Waals surface area contributed by atoms with E-state index in [9.17, 15) is 0 Å². The average molecular weight is 234 g/mol. The second kappa shape index (κ2) is 10.3. The van der Waals surface area contributed by atoms with Gasteiger partial charge in [-0.3, -0.25) is 0 Å². The summed E-state index contributed by atoms with van der Waals surface area (Å²) >= 11 is 4.80. The maximum atomic E-state index is 5.43. The van der Waals surface area contributed by atoms with E-state index in [1.54, 1.807) is 7.11 Å². The molecule has 0 rings (SSSR count). The first-order valence-electron chi connectivity index (χ1n) is 5.20. The second-order valence-corrected chi connectivity index (χ2v) is 4.00. The molecule has 90 valence electrons. The molecule has 0 saturated heterocycles. The standard InChI is InChI=1S/C10H22N2O2S/c1-12(5-4-10(11)15)6-9-14-8-3-7-13-2/h3-9H2,1-2H3,(H2,11,15). The normalized spacial score (nSPS) is 10.9. The molecule has 0 radical (unpaired) electrons. The molecule has 0 bridgehead atoms. The topological polar surface area (TPSA) is 47.7 Å². The van der Waals surface area contributed by atoms with Crippen LogP contribution in [0.4, 0.5) is 0 Å². The number of hydrogen-bond acceptors (Lipinski definition) is 4. The van der Waals surface area contributed by atoms with Crippen LogP contribution in [0.1, 0.15) is 12.8 Å². The van der Waals surface area contributed by atoms with Crippen LogP contribution in [0, 0.1) is 0 Å². The number of hydrogen-bond donors (Lipinski definition) is 1. The highest BCUT2D eigenvalue weighted by atomic mass is 32.1. The molecule has 0 aliphatic rings. The molecule has 0 aromatic rings. The van der Waals surface area contributed by atoms with E-state index >= 15 is 0 Å². The Morgan fingerprint density at radius 1 is 1.27 bits per heavy atom. The van der Waals surface area contributed by atoms with Crippen molar-refractivity contribution in [3.63, 3.8) is 0 Å². The molecule has 2 N–H and O–H groups in total. The Kier molecular flexibility index (Phi) is 10.1. The predicted molar refractivity (Wildman–Crippen MR) is 66.2 cm³/mol. The summed E-state index contributed by atoms with van der Waals surface area (Å²) in [5.74, 6) is 0. The SMILES string of the molecule is COCCCOCCN(C)CCC(N)=S. The first-order chi connectivity index (χ1) is 7.16. The Labute approximate surface area is 97.7 Å². The summed E-state index contributed by atoms with van der Waals surface area (Å²) in [5, 5.41) is 0. The lowest BCUT2D eigenvalue weighted by Crippen LogP contribution is -2.27. The summed E-state index contributed by atoms with van der Waals surface area (Å²) in [6.07, 6.45) is 1.72. The van der Waals surface area contributed by atoms with Gasteiger partial charge in [-0.25, -0.2) is 0 Å². The maximum absolute atomic E-state index is 5.43. The molecule has 0 unspecified atom stereocenters. The van der Waals surface area contributed by atoms with E-state index in [0.29, 0.717) is 4.99 Å². The number of nitrogens with two attached hydrogens (primary N) is 1. The minimum absolute atomic E-state index is 0.572. The molecular weight excluding hydrogens is 212 g/mol. The van der Waals surface area contributed by atoms with Crippen molar-refractivity contribution in [1.29, 1.82) is 0 Å². The van der Waals surface area contributed by atoms with Crippen molar-refractivity contribution in [1.82, 2.24) is 4.90 Å². The molecule has 0 aliphatic heterocycles. The van der Waals surface area contributed by atoms with Crippen LogP contribution in [0.3, 0.4) is 0 Å². The van der Waals surface area contributed by atoms with E-state index in [1.165, 1.54) is 0 Å². The van der Waals surface area contributed by atoms with Crippen LogP contribution in [0.25, 0.3) is 0 Å². The van der Waals surface area contributed by atoms with Crippen molar-refractivity contribution >= 4 is 17.2 Å². The maximum Gasteiger partial charge on any atom is 0.0740 e. The van der Waals surface area contributed by atoms with Gasteiger partial charge in [0.15, 0.2) is 0 Å². The highest BCUT2D eigenvalue weighted by molar-refractivity contribution is 7.80. The van der Waals surface area contributed by atoms with Crippen LogP contribution in [-0.4, -0.2) is 57.0 Å². The molecule has 0 aliphatic carbocycles. The Hall–Kier alpha value is -0.230. The molecule has 0 amide bonds. The van der Waals surface area contributed by atoms with Gasteiger partial charge in [-0.15, -0.1) is 0 Å². The first-order valence-corrected chi connectivity index (χ1v) is 5.61. The lowest BCUT2D eigenvalue weighted by Gasteiger charge is -2.15. The molecule has 5 heteroatoms. The van der Waals surface area contributed by atoms with Crippen molar-refractivity contribution in [2.24, 2.45) is 5.73 Å². The Morgan fingerprint density at radius 3 is 2.60 bits per heavy atom. The number of rotatable bonds is 10. The molecule has 0 saturated carbocycles. The van der Waals surface area contributed by atoms with Gasteiger partial charge in [0.05, 0.1) is 11.6 Å². The van der Waals surface area contributed by atoms with E-state index in [0.717, 1.165) is 45.8 Å². The fourth-order valence-electron chi connectivity index (χ4n) is 1.04. The molecule has 0 atom stereocenters. The molecule has 0 fully saturated rings. The second-order valence-electron chi connectivity index (χ2n) is 3.48. The largest absolute Gasteiger partial charge is 0.393 e. The van der Waals surface area contributed by atoms with Crippen LogP contribution in [0.5, 0.6) is 0 Å². The van der Waals surface area contributed by atoms with Gasteiger partial charge in [-0.05, 0) is 13.5 Å². The lowest BCUT2D eigenvalue weighted by atomic mass is 10.4. The smallest absolute Gasteiger partial charge is 0.0740 e. The van der Waals surface area contributed by atoms with Gasteiger partial charge in [0.2, 0.25) is 0 Å². The van der Waals surface area contributed by atoms with Crippen molar-refractivity contribution in [2.45, 2.75) is 12.8 Å². The number of methoxy groups -OCH3 is 1. The van der Waals surface area contributed by atoms with Crippen LogP contribution in [0.15, 0.2) is 0 Å². The monoisotopic (exact) mass is 234 g/mol. The molecule has 0 aromatic heterocycles. The number of likely N-dealkylation sites (N-methyl/N-ethyl adjacent to an activating group) is 1. The summed E-state index contributed by atoms with van der Waals surface area (Å²) in [6.45, 7) is 4.08. The van der Waals surface area contributed by atoms with Gasteiger partial charge < -0.3 is 20.1 Å². The third-order valence-electron chi connectivity index (χ3n) is 1.99. The van der Waals surface area contributed by atoms with Gasteiger partial charge in [0.25, 0.3) is 0 Å². The lowest BCUT2D eigenvalue weighted by molar-refractivity contribution is 0.0893. The quantitative estimate of drug-likeness (QED) is 0.444. The van der Waals surface area contributed by atoms with Gasteiger partial charge in [0.1, 0.15) is 0 Å². The minimum Gasteiger partial charge on any atom is -0.393 e. The molecule has 15 heavy (non-hydrogen) atoms. The van der Waals surface area contributed by atoms with E-state index in [4.69, 9.17) is 27.4 Å². The van der Waals surface area contributed by atoms with Crippen LogP contribution >= 0.6 is 12.2 Å². The molecular formula is C10H22N2O2S. The third-order valence-corrected chi connectivity index (χ3v) is 2.20. The van der Waals surface area contributed by atoms with Gasteiger partial charge in [0, 0.05) is 39.8 Å². The van der Waals surface area contributed by atoms with Crippen LogP contribution < -0.4 is 5.73 Å². The minimum atomic E-state index is 0.572. The average Bonchev–Trinajstić information content (AvgIpc) is 2.20. The molecule has 0 aromatic carbocycles. The summed E-state index contributed by atoms with van der Waals surface area (Å²) in [6, 6.07) is 0. The van der Waals surface area contributed by atoms with Crippen molar-refractivity contribution < 1.29 is 9.47 Å². The summed E-state index contributed by atoms with van der Waals surface area (Å²) < 4.78 is 10.3. The first kappa shape index (κ1) is 14.8. The van der Waals surface area contributed by atoms with E-state index in [-0.39, 0.29) is 0 Å². The van der Waals surface area contributed by atoms with E-state index in [2.05, 4.69) is 4.90 Å². The summed E-state index contributed by atoms with van der Waals surface area (Å²) in [7, 11) is 3.74. The zero-order chi connectivity index (χ0) is 11.5. The Morgan fingerprint density at radius 2 is 2.00 bits per heavy atom. The van der Waals surface area contributed by atoms with Crippen molar-refractivity contribution in [3.05, 3.63) is 0 Å². The predicted octanol–water partition coefficient (Wildman–Crippen LogP) is 0.648. The Balaban J connectivity index is 3.16. The molecule has 0 heterocycles. The van der Waals surface area contributed by atoms with Gasteiger partial charge in [-0.1, -0.05) is 12.2 Å². The highest BCUT2D eigenvalue weighted by Gasteiger charge is 1.98. The number of ether oxygens (including phenoxy) is 2. The van der Waals surface area contributed by atoms with Crippen molar-refractivity contribution in [2.75, 3.05) is 47.1 Å². The van der Waals surface area contributed by atoms with Gasteiger partial charge >= 0.3 is 0 Å². The summed E-state index contributed by atoms with van der Waals surface area (Å²) in [5.41, 5.74) is 5.41. The molecule has 0 spiro atoms. The number of nitrogens with zero attached hydrogens (tertiary/aromatic N) is 1. The zero-order valence-electron chi connectivity index (χ0n) is 9.70. The third kappa shape index (κ3) is 11.7. The summed E-state index contributed by atoms with van der Waals surface area (Å²) in [4.78, 5) is 2.73. The van der Waals surface area contributed by atoms with Gasteiger partial charge in [-0.2, -0.15) is 0 Å². The fourth-order valence-corrected chi connectivity index (χ4v) is 1.13. The van der Waals surface area contributed by atoms with Crippen LogP contribution in [0.2, 0.25) is 0 Å². The highest BCUT2D eigenvalue weighted by Crippen LogP contribution is 1.89. The zero-order valence-corrected chi connectivity index (χ0v) is 10.5. The Bertz CT molecular complexity index is 168.